The number of aromatic amines is 1. The highest BCUT2D eigenvalue weighted by atomic mass is 16.2. The van der Waals surface area contributed by atoms with Crippen LogP contribution in [0.1, 0.15) is 41.2 Å². The number of benzene rings is 1. The lowest BCUT2D eigenvalue weighted by molar-refractivity contribution is 0.0221. The van der Waals surface area contributed by atoms with Gasteiger partial charge >= 0.3 is 0 Å². The second-order valence-corrected chi connectivity index (χ2v) is 8.10. The molecule has 1 aromatic heterocycles. The van der Waals surface area contributed by atoms with Crippen molar-refractivity contribution in [3.05, 3.63) is 64.3 Å². The first kappa shape index (κ1) is 17.9. The largest absolute Gasteiger partial charge is 0.337 e. The Kier molecular flexibility index (Phi) is 4.83. The van der Waals surface area contributed by atoms with Crippen LogP contribution < -0.4 is 5.56 Å². The van der Waals surface area contributed by atoms with Crippen LogP contribution in [0, 0.1) is 5.41 Å². The molecule has 1 atom stereocenters. The number of hydrogen-bond donors (Lipinski definition) is 1. The Hall–Kier alpha value is -2.47. The predicted octanol–water partition coefficient (Wildman–Crippen LogP) is 2.11. The van der Waals surface area contributed by atoms with Gasteiger partial charge in [-0.3, -0.25) is 9.59 Å². The van der Waals surface area contributed by atoms with Crippen molar-refractivity contribution >= 4 is 5.91 Å². The van der Waals surface area contributed by atoms with Gasteiger partial charge < -0.3 is 14.8 Å². The molecule has 27 heavy (non-hydrogen) atoms. The number of likely N-dealkylation sites (tertiary alicyclic amines) is 2. The van der Waals surface area contributed by atoms with Gasteiger partial charge in [-0.05, 0) is 43.2 Å². The highest BCUT2D eigenvalue weighted by Crippen LogP contribution is 2.44. The molecule has 2 aliphatic rings. The van der Waals surface area contributed by atoms with Gasteiger partial charge in [0.1, 0.15) is 5.69 Å². The fourth-order valence-corrected chi connectivity index (χ4v) is 4.78. The Morgan fingerprint density at radius 2 is 1.96 bits per heavy atom. The van der Waals surface area contributed by atoms with E-state index in [1.165, 1.54) is 24.4 Å². The molecule has 0 unspecified atom stereocenters. The second-order valence-electron chi connectivity index (χ2n) is 8.10. The minimum Gasteiger partial charge on any atom is -0.337 e. The Balaban J connectivity index is 1.44. The maximum atomic E-state index is 12.7. The van der Waals surface area contributed by atoms with Gasteiger partial charge in [0.25, 0.3) is 11.5 Å². The summed E-state index contributed by atoms with van der Waals surface area (Å²) in [5.41, 5.74) is 1.71. The summed E-state index contributed by atoms with van der Waals surface area (Å²) in [6.07, 6.45) is 5.78. The first-order chi connectivity index (χ1) is 13.0. The van der Waals surface area contributed by atoms with Crippen LogP contribution in [0.5, 0.6) is 0 Å². The fraction of sp³-hybridized carbons (Fsp3) is 0.476. The van der Waals surface area contributed by atoms with Crippen molar-refractivity contribution in [1.29, 1.82) is 0 Å². The number of carbonyl (C=O) groups excluding carboxylic acids is 1. The molecule has 0 saturated carbocycles. The summed E-state index contributed by atoms with van der Waals surface area (Å²) in [6, 6.07) is 10.8. The van der Waals surface area contributed by atoms with E-state index in [1.807, 2.05) is 4.90 Å². The van der Waals surface area contributed by atoms with Crippen LogP contribution in [0.4, 0.5) is 0 Å². The van der Waals surface area contributed by atoms with E-state index in [4.69, 9.17) is 0 Å². The number of nitrogens with one attached hydrogen (secondary N) is 1. The molecule has 0 radical (unpaired) electrons. The van der Waals surface area contributed by atoms with Gasteiger partial charge in [0.2, 0.25) is 0 Å². The standard InChI is InChI=1S/C21H26N4O2/c1-24-14-17(16-5-3-2-4-6-16)11-21(15-24)7-9-25(10-8-21)20(27)18-12-23-19(26)13-22-18/h2-6,12-13,17H,7-11,14-15H2,1H3,(H,23,26)/t17-/m0/s1. The molecule has 1 aromatic carbocycles. The van der Waals surface area contributed by atoms with E-state index in [0.717, 1.165) is 39.0 Å². The maximum Gasteiger partial charge on any atom is 0.273 e. The third-order valence-corrected chi connectivity index (χ3v) is 6.09. The minimum atomic E-state index is -0.290. The summed E-state index contributed by atoms with van der Waals surface area (Å²) in [5, 5.41) is 0. The van der Waals surface area contributed by atoms with Crippen molar-refractivity contribution in [3.8, 4) is 0 Å². The number of hydrogen-bond acceptors (Lipinski definition) is 4. The first-order valence-corrected chi connectivity index (χ1v) is 9.62. The summed E-state index contributed by atoms with van der Waals surface area (Å²) in [4.78, 5) is 34.6. The van der Waals surface area contributed by atoms with Crippen molar-refractivity contribution in [1.82, 2.24) is 19.8 Å². The number of likely N-dealkylation sites (N-methyl/N-ethyl adjacent to an activating group) is 1. The van der Waals surface area contributed by atoms with Gasteiger partial charge in [-0.1, -0.05) is 30.3 Å². The third-order valence-electron chi connectivity index (χ3n) is 6.09. The predicted molar refractivity (Wildman–Crippen MR) is 104 cm³/mol. The highest BCUT2D eigenvalue weighted by molar-refractivity contribution is 5.92. The minimum absolute atomic E-state index is 0.0927. The molecule has 6 heteroatoms. The quantitative estimate of drug-likeness (QED) is 0.884. The van der Waals surface area contributed by atoms with Gasteiger partial charge in [-0.25, -0.2) is 4.98 Å². The lowest BCUT2D eigenvalue weighted by Crippen LogP contribution is -2.51. The number of amides is 1. The molecule has 4 rings (SSSR count). The first-order valence-electron chi connectivity index (χ1n) is 9.62. The van der Waals surface area contributed by atoms with E-state index < -0.39 is 0 Å². The van der Waals surface area contributed by atoms with Crippen LogP contribution in [-0.2, 0) is 0 Å². The van der Waals surface area contributed by atoms with Crippen molar-refractivity contribution in [2.75, 3.05) is 33.2 Å². The van der Waals surface area contributed by atoms with Gasteiger partial charge in [0.15, 0.2) is 0 Å². The lowest BCUT2D eigenvalue weighted by atomic mass is 9.68. The van der Waals surface area contributed by atoms with Gasteiger partial charge in [0, 0.05) is 32.4 Å². The monoisotopic (exact) mass is 366 g/mol. The van der Waals surface area contributed by atoms with E-state index >= 15 is 0 Å². The highest BCUT2D eigenvalue weighted by Gasteiger charge is 2.42. The van der Waals surface area contributed by atoms with E-state index in [2.05, 4.69) is 52.2 Å². The zero-order chi connectivity index (χ0) is 18.9. The molecule has 1 amide bonds. The SMILES string of the molecule is CN1C[C@@H](c2ccccc2)CC2(CCN(C(=O)c3c[nH]c(=O)cn3)CC2)C1. The normalized spacial score (nSPS) is 22.7. The number of H-pyrrole nitrogens is 1. The molecule has 2 aliphatic heterocycles. The molecule has 1 spiro atoms. The van der Waals surface area contributed by atoms with E-state index in [0.29, 0.717) is 11.6 Å². The molecule has 0 aliphatic carbocycles. The van der Waals surface area contributed by atoms with E-state index in [-0.39, 0.29) is 16.9 Å². The Morgan fingerprint density at radius 1 is 1.22 bits per heavy atom. The number of carbonyl (C=O) groups is 1. The zero-order valence-corrected chi connectivity index (χ0v) is 15.7. The number of piperidine rings is 2. The molecule has 2 fully saturated rings. The molecule has 3 heterocycles. The van der Waals surface area contributed by atoms with Crippen molar-refractivity contribution in [2.45, 2.75) is 25.2 Å². The van der Waals surface area contributed by atoms with Crippen LogP contribution in [0.3, 0.4) is 0 Å². The number of rotatable bonds is 2. The number of nitrogens with zero attached hydrogens (tertiary/aromatic N) is 3. The Bertz CT molecular complexity index is 835. The molecule has 1 N–H and O–H groups in total. The summed E-state index contributed by atoms with van der Waals surface area (Å²) < 4.78 is 0. The van der Waals surface area contributed by atoms with Crippen LogP contribution in [0.15, 0.2) is 47.5 Å². The smallest absolute Gasteiger partial charge is 0.273 e. The van der Waals surface area contributed by atoms with Gasteiger partial charge in [-0.15, -0.1) is 0 Å². The number of aromatic nitrogens is 2. The molecule has 142 valence electrons. The lowest BCUT2D eigenvalue weighted by Gasteiger charge is -2.49. The van der Waals surface area contributed by atoms with E-state index in [9.17, 15) is 9.59 Å². The topological polar surface area (TPSA) is 69.3 Å². The van der Waals surface area contributed by atoms with Crippen molar-refractivity contribution in [2.24, 2.45) is 5.41 Å². The van der Waals surface area contributed by atoms with Crippen LogP contribution >= 0.6 is 0 Å². The third kappa shape index (κ3) is 3.81. The van der Waals surface area contributed by atoms with Crippen molar-refractivity contribution in [3.63, 3.8) is 0 Å². The summed E-state index contributed by atoms with van der Waals surface area (Å²) in [5.74, 6) is 0.456. The van der Waals surface area contributed by atoms with Crippen LogP contribution in [0.25, 0.3) is 0 Å². The summed E-state index contributed by atoms with van der Waals surface area (Å²) in [6.45, 7) is 3.68. The average Bonchev–Trinajstić information content (AvgIpc) is 2.69. The summed E-state index contributed by atoms with van der Waals surface area (Å²) >= 11 is 0. The summed E-state index contributed by atoms with van der Waals surface area (Å²) in [7, 11) is 2.21. The fourth-order valence-electron chi connectivity index (χ4n) is 4.78. The zero-order valence-electron chi connectivity index (χ0n) is 15.7. The van der Waals surface area contributed by atoms with Gasteiger partial charge in [-0.2, -0.15) is 0 Å². The molecule has 2 saturated heterocycles. The molecule has 6 nitrogen and oxygen atoms in total. The second kappa shape index (κ2) is 7.27. The van der Waals surface area contributed by atoms with Gasteiger partial charge in [0.05, 0.1) is 6.20 Å². The Labute approximate surface area is 159 Å². The molecule has 2 aromatic rings. The molecular weight excluding hydrogens is 340 g/mol. The Morgan fingerprint density at radius 3 is 2.63 bits per heavy atom. The maximum absolute atomic E-state index is 12.7. The average molecular weight is 366 g/mol. The molecule has 0 bridgehead atoms. The van der Waals surface area contributed by atoms with Crippen molar-refractivity contribution < 1.29 is 4.79 Å². The van der Waals surface area contributed by atoms with E-state index in [1.54, 1.807) is 0 Å². The van der Waals surface area contributed by atoms with Crippen LogP contribution in [-0.4, -0.2) is 58.9 Å². The molecular formula is C21H26N4O2. The van der Waals surface area contributed by atoms with Crippen LogP contribution in [0.2, 0.25) is 0 Å².